The minimum Gasteiger partial charge on any atom is -0.484 e. The third kappa shape index (κ3) is 6.73. The lowest BCUT2D eigenvalue weighted by Crippen LogP contribution is -2.38. The predicted octanol–water partition coefficient (Wildman–Crippen LogP) is 5.02. The lowest BCUT2D eigenvalue weighted by atomic mass is 9.97. The van der Waals surface area contributed by atoms with E-state index in [2.05, 4.69) is 10.0 Å². The molecule has 2 aromatic carbocycles. The Morgan fingerprint density at radius 2 is 1.59 bits per heavy atom. The maximum absolute atomic E-state index is 12.8. The Morgan fingerprint density at radius 1 is 0.906 bits per heavy atom. The minimum atomic E-state index is -3.72. The molecule has 0 unspecified atom stereocenters. The fourth-order valence-corrected chi connectivity index (χ4v) is 5.12. The third-order valence-electron chi connectivity index (χ3n) is 6.04. The van der Waals surface area contributed by atoms with E-state index in [1.54, 1.807) is 25.1 Å². The van der Waals surface area contributed by atoms with Crippen molar-refractivity contribution in [1.29, 1.82) is 0 Å². The average Bonchev–Trinajstić information content (AvgIpc) is 2.71. The number of carbonyl (C=O) groups excluding carboxylic acids is 1. The molecule has 1 aliphatic rings. The molecule has 0 atom stereocenters. The molecule has 0 spiro atoms. The first-order valence-corrected chi connectivity index (χ1v) is 12.9. The van der Waals surface area contributed by atoms with E-state index >= 15 is 0 Å². The van der Waals surface area contributed by atoms with Crippen molar-refractivity contribution in [3.63, 3.8) is 0 Å². The molecular weight excluding hydrogens is 424 g/mol. The largest absolute Gasteiger partial charge is 0.484 e. The van der Waals surface area contributed by atoms with E-state index in [9.17, 15) is 13.2 Å². The summed E-state index contributed by atoms with van der Waals surface area (Å²) >= 11 is 0. The maximum atomic E-state index is 12.8. The van der Waals surface area contributed by atoms with Crippen LogP contribution in [0.4, 0.5) is 5.69 Å². The quantitative estimate of drug-likeness (QED) is 0.610. The summed E-state index contributed by atoms with van der Waals surface area (Å²) in [6.45, 7) is 5.62. The number of amides is 1. The molecule has 174 valence electrons. The summed E-state index contributed by atoms with van der Waals surface area (Å²) < 4.78 is 33.9. The number of aryl methyl sites for hydroxylation is 3. The summed E-state index contributed by atoms with van der Waals surface area (Å²) in [6.07, 6.45) is 8.09. The van der Waals surface area contributed by atoms with Crippen molar-refractivity contribution in [2.75, 3.05) is 11.3 Å². The van der Waals surface area contributed by atoms with Crippen LogP contribution in [0.2, 0.25) is 0 Å². The molecule has 1 saturated carbocycles. The first-order valence-electron chi connectivity index (χ1n) is 11.4. The third-order valence-corrected chi connectivity index (χ3v) is 7.42. The monoisotopic (exact) mass is 458 g/mol. The highest BCUT2D eigenvalue weighted by Gasteiger charge is 2.18. The fraction of sp³-hybridized carbons (Fsp3) is 0.480. The number of ether oxygens (including phenoxy) is 1. The molecule has 0 radical (unpaired) electrons. The van der Waals surface area contributed by atoms with Crippen molar-refractivity contribution in [3.05, 3.63) is 53.1 Å². The zero-order valence-corrected chi connectivity index (χ0v) is 20.1. The normalized spacial score (nSPS) is 15.5. The molecule has 2 N–H and O–H groups in total. The molecule has 0 saturated heterocycles. The average molecular weight is 459 g/mol. The van der Waals surface area contributed by atoms with Crippen molar-refractivity contribution in [2.45, 2.75) is 76.7 Å². The predicted molar refractivity (Wildman–Crippen MR) is 128 cm³/mol. The standard InChI is InChI=1S/C25H34N2O4S/c1-18-11-12-22(15-19(18)2)27-32(29,30)23-13-14-24(20(3)16-23)31-17-25(28)26-21-9-7-5-4-6-8-10-21/h11-16,21,27H,4-10,17H2,1-3H3,(H,26,28). The van der Waals surface area contributed by atoms with Crippen molar-refractivity contribution in [1.82, 2.24) is 5.32 Å². The Morgan fingerprint density at radius 3 is 2.25 bits per heavy atom. The Labute approximate surface area is 191 Å². The second kappa shape index (κ2) is 10.9. The van der Waals surface area contributed by atoms with Crippen LogP contribution in [-0.4, -0.2) is 27.0 Å². The van der Waals surface area contributed by atoms with Crippen molar-refractivity contribution in [3.8, 4) is 5.75 Å². The molecule has 0 bridgehead atoms. The molecule has 1 aliphatic carbocycles. The number of sulfonamides is 1. The zero-order valence-electron chi connectivity index (χ0n) is 19.2. The molecule has 2 aromatic rings. The van der Waals surface area contributed by atoms with Gasteiger partial charge in [-0.15, -0.1) is 0 Å². The topological polar surface area (TPSA) is 84.5 Å². The van der Waals surface area contributed by atoms with Gasteiger partial charge < -0.3 is 10.1 Å². The van der Waals surface area contributed by atoms with Gasteiger partial charge in [-0.2, -0.15) is 0 Å². The van der Waals surface area contributed by atoms with Crippen LogP contribution in [-0.2, 0) is 14.8 Å². The molecule has 6 nitrogen and oxygen atoms in total. The van der Waals surface area contributed by atoms with E-state index in [4.69, 9.17) is 4.74 Å². The molecule has 1 amide bonds. The highest BCUT2D eigenvalue weighted by Crippen LogP contribution is 2.24. The van der Waals surface area contributed by atoms with Gasteiger partial charge in [0.05, 0.1) is 4.90 Å². The number of benzene rings is 2. The van der Waals surface area contributed by atoms with Gasteiger partial charge in [-0.1, -0.05) is 38.2 Å². The molecular formula is C25H34N2O4S. The van der Waals surface area contributed by atoms with Gasteiger partial charge in [0.2, 0.25) is 0 Å². The zero-order chi connectivity index (χ0) is 23.1. The summed E-state index contributed by atoms with van der Waals surface area (Å²) in [6, 6.07) is 10.3. The number of rotatable bonds is 7. The Hall–Kier alpha value is -2.54. The van der Waals surface area contributed by atoms with Crippen LogP contribution in [0.3, 0.4) is 0 Å². The van der Waals surface area contributed by atoms with E-state index in [0.29, 0.717) is 17.0 Å². The summed E-state index contributed by atoms with van der Waals surface area (Å²) in [4.78, 5) is 12.5. The molecule has 32 heavy (non-hydrogen) atoms. The fourth-order valence-electron chi connectivity index (χ4n) is 3.98. The molecule has 7 heteroatoms. The number of carbonyl (C=O) groups is 1. The van der Waals surface area contributed by atoms with E-state index < -0.39 is 10.0 Å². The summed E-state index contributed by atoms with van der Waals surface area (Å²) in [5, 5.41) is 3.08. The van der Waals surface area contributed by atoms with E-state index in [1.807, 2.05) is 26.0 Å². The SMILES string of the molecule is Cc1ccc(NS(=O)(=O)c2ccc(OCC(=O)NC3CCCCCCC3)c(C)c2)cc1C. The van der Waals surface area contributed by atoms with Gasteiger partial charge in [-0.25, -0.2) is 8.42 Å². The van der Waals surface area contributed by atoms with E-state index in [1.165, 1.54) is 25.3 Å². The van der Waals surface area contributed by atoms with Gasteiger partial charge in [0, 0.05) is 11.7 Å². The van der Waals surface area contributed by atoms with Gasteiger partial charge in [0.15, 0.2) is 6.61 Å². The Bertz CT molecular complexity index is 1040. The Kier molecular flexibility index (Phi) is 8.18. The van der Waals surface area contributed by atoms with Crippen LogP contribution in [0.1, 0.15) is 61.6 Å². The van der Waals surface area contributed by atoms with Gasteiger partial charge in [-0.05, 0) is 80.6 Å². The van der Waals surface area contributed by atoms with Crippen LogP contribution in [0.5, 0.6) is 5.75 Å². The van der Waals surface area contributed by atoms with E-state index in [-0.39, 0.29) is 23.5 Å². The molecule has 0 aromatic heterocycles. The maximum Gasteiger partial charge on any atom is 0.261 e. The summed E-state index contributed by atoms with van der Waals surface area (Å²) in [5.74, 6) is 0.367. The lowest BCUT2D eigenvalue weighted by molar-refractivity contribution is -0.123. The van der Waals surface area contributed by atoms with Crippen LogP contribution in [0.15, 0.2) is 41.3 Å². The number of hydrogen-bond acceptors (Lipinski definition) is 4. The second-order valence-electron chi connectivity index (χ2n) is 8.73. The summed E-state index contributed by atoms with van der Waals surface area (Å²) in [7, 11) is -3.72. The first kappa shape index (κ1) is 24.1. The van der Waals surface area contributed by atoms with Crippen LogP contribution in [0, 0.1) is 20.8 Å². The number of anilines is 1. The second-order valence-corrected chi connectivity index (χ2v) is 10.4. The van der Waals surface area contributed by atoms with Gasteiger partial charge >= 0.3 is 0 Å². The summed E-state index contributed by atoms with van der Waals surface area (Å²) in [5.41, 5.74) is 3.30. The number of hydrogen-bond donors (Lipinski definition) is 2. The smallest absolute Gasteiger partial charge is 0.261 e. The minimum absolute atomic E-state index is 0.0790. The molecule has 0 aliphatic heterocycles. The molecule has 3 rings (SSSR count). The first-order chi connectivity index (χ1) is 15.2. The van der Waals surface area contributed by atoms with Crippen molar-refractivity contribution >= 4 is 21.6 Å². The van der Waals surface area contributed by atoms with Gasteiger partial charge in [0.1, 0.15) is 5.75 Å². The van der Waals surface area contributed by atoms with E-state index in [0.717, 1.165) is 36.8 Å². The van der Waals surface area contributed by atoms with Crippen LogP contribution >= 0.6 is 0 Å². The molecule has 0 heterocycles. The van der Waals surface area contributed by atoms with Crippen molar-refractivity contribution in [2.24, 2.45) is 0 Å². The molecule has 1 fully saturated rings. The van der Waals surface area contributed by atoms with Gasteiger partial charge in [-0.3, -0.25) is 9.52 Å². The van der Waals surface area contributed by atoms with Gasteiger partial charge in [0.25, 0.3) is 15.9 Å². The van der Waals surface area contributed by atoms with Crippen molar-refractivity contribution < 1.29 is 17.9 Å². The van der Waals surface area contributed by atoms with Crippen LogP contribution < -0.4 is 14.8 Å². The highest BCUT2D eigenvalue weighted by atomic mass is 32.2. The van der Waals surface area contributed by atoms with Crippen LogP contribution in [0.25, 0.3) is 0 Å². The number of nitrogens with one attached hydrogen (secondary N) is 2. The Balaban J connectivity index is 1.59. The lowest BCUT2D eigenvalue weighted by Gasteiger charge is -2.21. The highest BCUT2D eigenvalue weighted by molar-refractivity contribution is 7.92.